The van der Waals surface area contributed by atoms with Crippen LogP contribution in [0.4, 0.5) is 4.39 Å². The van der Waals surface area contributed by atoms with Crippen molar-refractivity contribution in [2.45, 2.75) is 13.1 Å². The smallest absolute Gasteiger partial charge is 0.142 e. The third kappa shape index (κ3) is 2.75. The maximum absolute atomic E-state index is 12.9. The first-order valence-electron chi connectivity index (χ1n) is 6.51. The van der Waals surface area contributed by atoms with E-state index >= 15 is 0 Å². The van der Waals surface area contributed by atoms with E-state index in [1.165, 1.54) is 12.1 Å². The lowest BCUT2D eigenvalue weighted by molar-refractivity contribution is 0.0885. The van der Waals surface area contributed by atoms with E-state index in [9.17, 15) is 4.39 Å². The fourth-order valence-electron chi connectivity index (χ4n) is 2.34. The monoisotopic (exact) mass is 273 g/mol. The molecule has 0 aromatic heterocycles. The highest BCUT2D eigenvalue weighted by atomic mass is 19.1. The lowest BCUT2D eigenvalue weighted by Crippen LogP contribution is -2.31. The van der Waals surface area contributed by atoms with Gasteiger partial charge in [-0.15, -0.1) is 0 Å². The van der Waals surface area contributed by atoms with Gasteiger partial charge >= 0.3 is 0 Å². The van der Waals surface area contributed by atoms with Gasteiger partial charge < -0.3 is 9.47 Å². The Morgan fingerprint density at radius 2 is 2.00 bits per heavy atom. The molecule has 2 aromatic carbocycles. The van der Waals surface area contributed by atoms with Gasteiger partial charge in [0.25, 0.3) is 0 Å². The zero-order valence-electron chi connectivity index (χ0n) is 11.3. The van der Waals surface area contributed by atoms with Crippen LogP contribution in [0.2, 0.25) is 0 Å². The van der Waals surface area contributed by atoms with Crippen molar-refractivity contribution in [3.8, 4) is 11.5 Å². The summed E-state index contributed by atoms with van der Waals surface area (Å²) in [6.45, 7) is 2.07. The molecule has 0 aliphatic carbocycles. The number of rotatable bonds is 3. The first-order chi connectivity index (χ1) is 9.74. The lowest BCUT2D eigenvalue weighted by atomic mass is 10.1. The van der Waals surface area contributed by atoms with E-state index in [4.69, 9.17) is 9.47 Å². The summed E-state index contributed by atoms with van der Waals surface area (Å²) in [6.07, 6.45) is 0. The number of hydrogen-bond donors (Lipinski definition) is 0. The second kappa shape index (κ2) is 5.51. The standard InChI is InChI=1S/C16H16FNO2/c1-19-15-6-7-16-13(8-15)10-18(11-20-16)9-12-2-4-14(17)5-3-12/h2-8H,9-11H2,1H3. The van der Waals surface area contributed by atoms with Crippen molar-refractivity contribution in [1.82, 2.24) is 4.90 Å². The van der Waals surface area contributed by atoms with E-state index in [0.29, 0.717) is 6.73 Å². The molecular weight excluding hydrogens is 257 g/mol. The fourth-order valence-corrected chi connectivity index (χ4v) is 2.34. The molecule has 1 heterocycles. The summed E-state index contributed by atoms with van der Waals surface area (Å²) in [6, 6.07) is 12.4. The molecule has 0 N–H and O–H groups in total. The molecule has 0 saturated carbocycles. The van der Waals surface area contributed by atoms with Crippen LogP contribution in [0, 0.1) is 5.82 Å². The van der Waals surface area contributed by atoms with Gasteiger partial charge in [0.15, 0.2) is 0 Å². The van der Waals surface area contributed by atoms with Crippen LogP contribution in [0.1, 0.15) is 11.1 Å². The maximum atomic E-state index is 12.9. The van der Waals surface area contributed by atoms with Crippen LogP contribution in [0.25, 0.3) is 0 Å². The molecule has 104 valence electrons. The summed E-state index contributed by atoms with van der Waals surface area (Å²) in [5, 5.41) is 0. The van der Waals surface area contributed by atoms with Crippen LogP contribution >= 0.6 is 0 Å². The summed E-state index contributed by atoms with van der Waals surface area (Å²) in [5.41, 5.74) is 2.18. The summed E-state index contributed by atoms with van der Waals surface area (Å²) < 4.78 is 23.9. The number of methoxy groups -OCH3 is 1. The molecule has 0 spiro atoms. The van der Waals surface area contributed by atoms with E-state index in [1.54, 1.807) is 19.2 Å². The predicted molar refractivity (Wildman–Crippen MR) is 74.1 cm³/mol. The first-order valence-corrected chi connectivity index (χ1v) is 6.51. The van der Waals surface area contributed by atoms with Crippen molar-refractivity contribution in [2.75, 3.05) is 13.8 Å². The molecule has 4 heteroatoms. The number of hydrogen-bond acceptors (Lipinski definition) is 3. The Kier molecular flexibility index (Phi) is 3.56. The lowest BCUT2D eigenvalue weighted by Gasteiger charge is -2.29. The maximum Gasteiger partial charge on any atom is 0.142 e. The average Bonchev–Trinajstić information content (AvgIpc) is 2.49. The molecule has 2 aromatic rings. The molecule has 0 radical (unpaired) electrons. The SMILES string of the molecule is COc1ccc2c(c1)CN(Cc1ccc(F)cc1)CO2. The third-order valence-corrected chi connectivity index (χ3v) is 3.38. The highest BCUT2D eigenvalue weighted by Gasteiger charge is 2.18. The van der Waals surface area contributed by atoms with Crippen molar-refractivity contribution in [1.29, 1.82) is 0 Å². The highest BCUT2D eigenvalue weighted by Crippen LogP contribution is 2.29. The second-order valence-electron chi connectivity index (χ2n) is 4.86. The van der Waals surface area contributed by atoms with E-state index in [-0.39, 0.29) is 5.82 Å². The molecule has 0 fully saturated rings. The first kappa shape index (κ1) is 12.9. The Hall–Kier alpha value is -2.07. The van der Waals surface area contributed by atoms with E-state index < -0.39 is 0 Å². The molecule has 0 unspecified atom stereocenters. The second-order valence-corrected chi connectivity index (χ2v) is 4.86. The van der Waals surface area contributed by atoms with Gasteiger partial charge in [0.1, 0.15) is 24.0 Å². The van der Waals surface area contributed by atoms with Gasteiger partial charge in [0.05, 0.1) is 7.11 Å². The number of halogens is 1. The molecular formula is C16H16FNO2. The predicted octanol–water partition coefficient (Wildman–Crippen LogP) is 3.19. The van der Waals surface area contributed by atoms with Gasteiger partial charge in [-0.05, 0) is 35.9 Å². The summed E-state index contributed by atoms with van der Waals surface area (Å²) >= 11 is 0. The van der Waals surface area contributed by atoms with Crippen LogP contribution < -0.4 is 9.47 Å². The van der Waals surface area contributed by atoms with Crippen LogP contribution in [0.15, 0.2) is 42.5 Å². The minimum Gasteiger partial charge on any atom is -0.497 e. The zero-order chi connectivity index (χ0) is 13.9. The van der Waals surface area contributed by atoms with Crippen LogP contribution in [0.3, 0.4) is 0 Å². The third-order valence-electron chi connectivity index (χ3n) is 3.38. The van der Waals surface area contributed by atoms with E-state index in [1.807, 2.05) is 18.2 Å². The number of nitrogens with zero attached hydrogens (tertiary/aromatic N) is 1. The van der Waals surface area contributed by atoms with Gasteiger partial charge in [0, 0.05) is 18.7 Å². The molecule has 0 bridgehead atoms. The largest absolute Gasteiger partial charge is 0.497 e. The Bertz CT molecular complexity index is 598. The van der Waals surface area contributed by atoms with E-state index in [2.05, 4.69) is 4.90 Å². The molecule has 0 atom stereocenters. The van der Waals surface area contributed by atoms with Gasteiger partial charge in [0.2, 0.25) is 0 Å². The van der Waals surface area contributed by atoms with Crippen molar-refractivity contribution in [3.63, 3.8) is 0 Å². The molecule has 3 rings (SSSR count). The molecule has 3 nitrogen and oxygen atoms in total. The summed E-state index contributed by atoms with van der Waals surface area (Å²) in [5.74, 6) is 1.52. The van der Waals surface area contributed by atoms with Crippen molar-refractivity contribution < 1.29 is 13.9 Å². The van der Waals surface area contributed by atoms with Gasteiger partial charge in [-0.3, -0.25) is 4.90 Å². The normalized spacial score (nSPS) is 14.5. The molecule has 20 heavy (non-hydrogen) atoms. The minimum absolute atomic E-state index is 0.210. The Labute approximate surface area is 117 Å². The van der Waals surface area contributed by atoms with Crippen LogP contribution in [0.5, 0.6) is 11.5 Å². The number of fused-ring (bicyclic) bond motifs is 1. The molecule has 0 saturated heterocycles. The number of ether oxygens (including phenoxy) is 2. The van der Waals surface area contributed by atoms with Gasteiger partial charge in [-0.1, -0.05) is 12.1 Å². The van der Waals surface area contributed by atoms with E-state index in [0.717, 1.165) is 35.7 Å². The highest BCUT2D eigenvalue weighted by molar-refractivity contribution is 5.41. The number of benzene rings is 2. The van der Waals surface area contributed by atoms with Gasteiger partial charge in [-0.2, -0.15) is 0 Å². The Morgan fingerprint density at radius 1 is 1.20 bits per heavy atom. The molecule has 1 aliphatic rings. The summed E-state index contributed by atoms with van der Waals surface area (Å²) in [7, 11) is 1.65. The molecule has 0 amide bonds. The fraction of sp³-hybridized carbons (Fsp3) is 0.250. The van der Waals surface area contributed by atoms with Crippen molar-refractivity contribution >= 4 is 0 Å². The quantitative estimate of drug-likeness (QED) is 0.857. The molecule has 1 aliphatic heterocycles. The Balaban J connectivity index is 1.73. The topological polar surface area (TPSA) is 21.7 Å². The average molecular weight is 273 g/mol. The van der Waals surface area contributed by atoms with Crippen molar-refractivity contribution in [2.24, 2.45) is 0 Å². The minimum atomic E-state index is -0.210. The Morgan fingerprint density at radius 3 is 2.75 bits per heavy atom. The van der Waals surface area contributed by atoms with Crippen LogP contribution in [-0.2, 0) is 13.1 Å². The van der Waals surface area contributed by atoms with Crippen molar-refractivity contribution in [3.05, 3.63) is 59.4 Å². The summed E-state index contributed by atoms with van der Waals surface area (Å²) in [4.78, 5) is 2.16. The van der Waals surface area contributed by atoms with Gasteiger partial charge in [-0.25, -0.2) is 4.39 Å². The van der Waals surface area contributed by atoms with Crippen LogP contribution in [-0.4, -0.2) is 18.7 Å². The zero-order valence-corrected chi connectivity index (χ0v) is 11.3.